The average Bonchev–Trinajstić information content (AvgIpc) is 2.82. The number of hydrogen-bond donors (Lipinski definition) is 2. The van der Waals surface area contributed by atoms with Gasteiger partial charge in [0.05, 0.1) is 5.69 Å². The number of fused-ring (bicyclic) bond motifs is 1. The minimum Gasteiger partial charge on any atom is -0.337 e. The molecule has 5 heteroatoms. The smallest absolute Gasteiger partial charge is 0.289 e. The summed E-state index contributed by atoms with van der Waals surface area (Å²) in [5.41, 5.74) is 2.28. The van der Waals surface area contributed by atoms with Crippen molar-refractivity contribution < 1.29 is 4.79 Å². The summed E-state index contributed by atoms with van der Waals surface area (Å²) >= 11 is 0. The first-order valence-electron chi connectivity index (χ1n) is 6.42. The Balaban J connectivity index is 1.78. The van der Waals surface area contributed by atoms with E-state index in [9.17, 15) is 4.79 Å². The number of rotatable bonds is 1. The maximum Gasteiger partial charge on any atom is 0.289 e. The van der Waals surface area contributed by atoms with E-state index in [1.54, 1.807) is 0 Å². The van der Waals surface area contributed by atoms with Crippen LogP contribution < -0.4 is 5.32 Å². The van der Waals surface area contributed by atoms with E-state index >= 15 is 0 Å². The Bertz CT molecular complexity index is 397. The van der Waals surface area contributed by atoms with Crippen molar-refractivity contribution in [3.63, 3.8) is 0 Å². The molecule has 17 heavy (non-hydrogen) atoms. The van der Waals surface area contributed by atoms with Crippen LogP contribution in [0.5, 0.6) is 0 Å². The fourth-order valence-electron chi connectivity index (χ4n) is 2.57. The monoisotopic (exact) mass is 234 g/mol. The molecule has 92 valence electrons. The Morgan fingerprint density at radius 1 is 1.18 bits per heavy atom. The highest BCUT2D eigenvalue weighted by atomic mass is 16.2. The van der Waals surface area contributed by atoms with Gasteiger partial charge in [0, 0.05) is 31.9 Å². The first kappa shape index (κ1) is 10.8. The van der Waals surface area contributed by atoms with Crippen LogP contribution in [0, 0.1) is 0 Å². The molecule has 1 fully saturated rings. The molecule has 2 N–H and O–H groups in total. The number of imidazole rings is 1. The second-order valence-electron chi connectivity index (χ2n) is 4.76. The molecule has 5 nitrogen and oxygen atoms in total. The van der Waals surface area contributed by atoms with Crippen LogP contribution in [-0.2, 0) is 12.8 Å². The third kappa shape index (κ3) is 2.07. The predicted octanol–water partition coefficient (Wildman–Crippen LogP) is 0.334. The summed E-state index contributed by atoms with van der Waals surface area (Å²) in [6.45, 7) is 3.33. The van der Waals surface area contributed by atoms with Crippen LogP contribution in [0.25, 0.3) is 0 Å². The van der Waals surface area contributed by atoms with E-state index < -0.39 is 0 Å². The van der Waals surface area contributed by atoms with Gasteiger partial charge in [0.25, 0.3) is 5.91 Å². The molecule has 1 saturated heterocycles. The highest BCUT2D eigenvalue weighted by Crippen LogP contribution is 2.19. The van der Waals surface area contributed by atoms with E-state index in [0.29, 0.717) is 5.82 Å². The van der Waals surface area contributed by atoms with Crippen LogP contribution in [-0.4, -0.2) is 47.0 Å². The summed E-state index contributed by atoms with van der Waals surface area (Å²) < 4.78 is 0. The van der Waals surface area contributed by atoms with Gasteiger partial charge in [-0.15, -0.1) is 0 Å². The SMILES string of the molecule is O=C(c1nc2c([nH]1)CCCC2)N1CCNCC1. The van der Waals surface area contributed by atoms with Crippen molar-refractivity contribution in [1.82, 2.24) is 20.2 Å². The summed E-state index contributed by atoms with van der Waals surface area (Å²) in [7, 11) is 0. The molecule has 0 aromatic carbocycles. The highest BCUT2D eigenvalue weighted by Gasteiger charge is 2.23. The molecule has 1 aliphatic carbocycles. The molecule has 3 rings (SSSR count). The topological polar surface area (TPSA) is 61.0 Å². The second kappa shape index (κ2) is 4.49. The lowest BCUT2D eigenvalue weighted by Crippen LogP contribution is -2.46. The molecule has 0 bridgehead atoms. The Kier molecular flexibility index (Phi) is 2.84. The maximum absolute atomic E-state index is 12.2. The van der Waals surface area contributed by atoms with Crippen LogP contribution in [0.4, 0.5) is 0 Å². The zero-order valence-corrected chi connectivity index (χ0v) is 9.96. The quantitative estimate of drug-likeness (QED) is 0.736. The first-order chi connectivity index (χ1) is 8.34. The number of aromatic nitrogens is 2. The number of amides is 1. The average molecular weight is 234 g/mol. The number of nitrogens with zero attached hydrogens (tertiary/aromatic N) is 2. The molecular weight excluding hydrogens is 216 g/mol. The summed E-state index contributed by atoms with van der Waals surface area (Å²) in [6.07, 6.45) is 4.45. The highest BCUT2D eigenvalue weighted by molar-refractivity contribution is 5.90. The predicted molar refractivity (Wildman–Crippen MR) is 64.0 cm³/mol. The minimum atomic E-state index is 0.0564. The molecule has 0 unspecified atom stereocenters. The van der Waals surface area contributed by atoms with Crippen molar-refractivity contribution in [2.24, 2.45) is 0 Å². The van der Waals surface area contributed by atoms with Gasteiger partial charge >= 0.3 is 0 Å². The number of piperazine rings is 1. The van der Waals surface area contributed by atoms with Gasteiger partial charge in [-0.1, -0.05) is 0 Å². The summed E-state index contributed by atoms with van der Waals surface area (Å²) in [5, 5.41) is 3.25. The van der Waals surface area contributed by atoms with E-state index in [2.05, 4.69) is 15.3 Å². The molecule has 0 spiro atoms. The standard InChI is InChI=1S/C12H18N4O/c17-12(16-7-5-13-6-8-16)11-14-9-3-1-2-4-10(9)15-11/h13H,1-8H2,(H,14,15). The Hall–Kier alpha value is -1.36. The fraction of sp³-hybridized carbons (Fsp3) is 0.667. The van der Waals surface area contributed by atoms with Gasteiger partial charge < -0.3 is 15.2 Å². The fourth-order valence-corrected chi connectivity index (χ4v) is 2.57. The van der Waals surface area contributed by atoms with E-state index in [1.807, 2.05) is 4.90 Å². The summed E-state index contributed by atoms with van der Waals surface area (Å²) in [5.74, 6) is 0.597. The molecule has 0 saturated carbocycles. The second-order valence-corrected chi connectivity index (χ2v) is 4.76. The third-order valence-corrected chi connectivity index (χ3v) is 3.56. The van der Waals surface area contributed by atoms with Crippen molar-refractivity contribution in [3.05, 3.63) is 17.2 Å². The minimum absolute atomic E-state index is 0.0564. The molecule has 0 radical (unpaired) electrons. The van der Waals surface area contributed by atoms with Crippen LogP contribution in [0.15, 0.2) is 0 Å². The van der Waals surface area contributed by atoms with Gasteiger partial charge in [-0.3, -0.25) is 4.79 Å². The van der Waals surface area contributed by atoms with Gasteiger partial charge in [0.2, 0.25) is 0 Å². The summed E-state index contributed by atoms with van der Waals surface area (Å²) in [4.78, 5) is 21.8. The van der Waals surface area contributed by atoms with Crippen LogP contribution >= 0.6 is 0 Å². The summed E-state index contributed by atoms with van der Waals surface area (Å²) in [6, 6.07) is 0. The van der Waals surface area contributed by atoms with Gasteiger partial charge in [0.1, 0.15) is 0 Å². The zero-order valence-electron chi connectivity index (χ0n) is 9.96. The van der Waals surface area contributed by atoms with Crippen LogP contribution in [0.3, 0.4) is 0 Å². The van der Waals surface area contributed by atoms with E-state index in [4.69, 9.17) is 0 Å². The van der Waals surface area contributed by atoms with Crippen LogP contribution in [0.1, 0.15) is 34.8 Å². The lowest BCUT2D eigenvalue weighted by molar-refractivity contribution is 0.0724. The molecular formula is C12H18N4O. The molecule has 1 aromatic rings. The molecule has 2 heterocycles. The van der Waals surface area contributed by atoms with E-state index in [1.165, 1.54) is 18.5 Å². The van der Waals surface area contributed by atoms with Gasteiger partial charge in [-0.2, -0.15) is 0 Å². The maximum atomic E-state index is 12.2. The molecule has 0 atom stereocenters. The Labute approximate surface area is 101 Å². The Morgan fingerprint density at radius 2 is 1.94 bits per heavy atom. The van der Waals surface area contributed by atoms with E-state index in [0.717, 1.165) is 44.7 Å². The van der Waals surface area contributed by atoms with Crippen molar-refractivity contribution >= 4 is 5.91 Å². The van der Waals surface area contributed by atoms with Crippen molar-refractivity contribution in [2.45, 2.75) is 25.7 Å². The Morgan fingerprint density at radius 3 is 2.71 bits per heavy atom. The number of carbonyl (C=O) groups excluding carboxylic acids is 1. The van der Waals surface area contributed by atoms with Gasteiger partial charge in [-0.25, -0.2) is 4.98 Å². The number of aromatic amines is 1. The third-order valence-electron chi connectivity index (χ3n) is 3.56. The van der Waals surface area contributed by atoms with Gasteiger partial charge in [0.15, 0.2) is 5.82 Å². The zero-order chi connectivity index (χ0) is 11.7. The number of H-pyrrole nitrogens is 1. The number of hydrogen-bond acceptors (Lipinski definition) is 3. The largest absolute Gasteiger partial charge is 0.337 e. The van der Waals surface area contributed by atoms with Crippen LogP contribution in [0.2, 0.25) is 0 Å². The molecule has 1 aliphatic heterocycles. The molecule has 2 aliphatic rings. The lowest BCUT2D eigenvalue weighted by atomic mass is 10.0. The number of aryl methyl sites for hydroxylation is 2. The first-order valence-corrected chi connectivity index (χ1v) is 6.42. The van der Waals surface area contributed by atoms with Gasteiger partial charge in [-0.05, 0) is 25.7 Å². The molecule has 1 amide bonds. The number of nitrogens with one attached hydrogen (secondary N) is 2. The number of carbonyl (C=O) groups is 1. The molecule has 1 aromatic heterocycles. The normalized spacial score (nSPS) is 20.1. The van der Waals surface area contributed by atoms with Crippen molar-refractivity contribution in [3.8, 4) is 0 Å². The van der Waals surface area contributed by atoms with Crippen molar-refractivity contribution in [1.29, 1.82) is 0 Å². The van der Waals surface area contributed by atoms with E-state index in [-0.39, 0.29) is 5.91 Å². The van der Waals surface area contributed by atoms with Crippen molar-refractivity contribution in [2.75, 3.05) is 26.2 Å². The lowest BCUT2D eigenvalue weighted by Gasteiger charge is -2.26.